The van der Waals surface area contributed by atoms with Gasteiger partial charge in [0, 0.05) is 26.7 Å². The van der Waals surface area contributed by atoms with E-state index in [1.165, 1.54) is 0 Å². The molecule has 0 spiro atoms. The number of likely N-dealkylation sites (N-methyl/N-ethyl adjacent to an activating group) is 1. The standard InChI is InChI=1S/C13H19ClN4O/c1-3-6-15-12-5-4-10(14)11(16-12)9-18-8-7-17(2)13(18)19/h4-5H,3,6-9H2,1-2H3,(H,15,16). The lowest BCUT2D eigenvalue weighted by molar-refractivity contribution is 0.196. The van der Waals surface area contributed by atoms with Crippen LogP contribution in [0.2, 0.25) is 5.02 Å². The number of rotatable bonds is 5. The molecule has 104 valence electrons. The fraction of sp³-hybridized carbons (Fsp3) is 0.538. The molecule has 6 heteroatoms. The van der Waals surface area contributed by atoms with E-state index in [2.05, 4.69) is 17.2 Å². The quantitative estimate of drug-likeness (QED) is 0.902. The Morgan fingerprint density at radius 1 is 1.42 bits per heavy atom. The molecule has 0 atom stereocenters. The van der Waals surface area contributed by atoms with Gasteiger partial charge in [0.05, 0.1) is 17.3 Å². The third-order valence-corrected chi connectivity index (χ3v) is 3.46. The molecule has 1 aromatic heterocycles. The second-order valence-corrected chi connectivity index (χ2v) is 5.08. The number of carbonyl (C=O) groups is 1. The normalized spacial score (nSPS) is 15.2. The maximum Gasteiger partial charge on any atom is 0.320 e. The number of halogens is 1. The zero-order chi connectivity index (χ0) is 13.8. The Labute approximate surface area is 118 Å². The number of urea groups is 1. The Hall–Kier alpha value is -1.49. The van der Waals surface area contributed by atoms with E-state index in [0.717, 1.165) is 37.6 Å². The van der Waals surface area contributed by atoms with Crippen LogP contribution in [0.1, 0.15) is 19.0 Å². The monoisotopic (exact) mass is 282 g/mol. The van der Waals surface area contributed by atoms with Gasteiger partial charge in [-0.3, -0.25) is 0 Å². The molecule has 2 amide bonds. The highest BCUT2D eigenvalue weighted by Crippen LogP contribution is 2.20. The number of nitrogens with zero attached hydrogens (tertiary/aromatic N) is 3. The second-order valence-electron chi connectivity index (χ2n) is 4.68. The molecule has 0 saturated carbocycles. The summed E-state index contributed by atoms with van der Waals surface area (Å²) in [7, 11) is 1.80. The first-order valence-electron chi connectivity index (χ1n) is 6.51. The van der Waals surface area contributed by atoms with E-state index in [4.69, 9.17) is 11.6 Å². The van der Waals surface area contributed by atoms with Crippen LogP contribution in [-0.4, -0.2) is 47.5 Å². The van der Waals surface area contributed by atoms with E-state index in [-0.39, 0.29) is 6.03 Å². The average molecular weight is 283 g/mol. The molecule has 1 aromatic rings. The van der Waals surface area contributed by atoms with Crippen molar-refractivity contribution in [3.63, 3.8) is 0 Å². The molecule has 1 saturated heterocycles. The number of nitrogens with one attached hydrogen (secondary N) is 1. The molecule has 2 heterocycles. The number of anilines is 1. The van der Waals surface area contributed by atoms with Gasteiger partial charge in [-0.2, -0.15) is 0 Å². The Balaban J connectivity index is 2.08. The largest absolute Gasteiger partial charge is 0.370 e. The molecule has 1 fully saturated rings. The number of aromatic nitrogens is 1. The van der Waals surface area contributed by atoms with Gasteiger partial charge in [-0.15, -0.1) is 0 Å². The maximum absolute atomic E-state index is 11.8. The highest BCUT2D eigenvalue weighted by molar-refractivity contribution is 6.31. The number of hydrogen-bond donors (Lipinski definition) is 1. The average Bonchev–Trinajstić information content (AvgIpc) is 2.71. The van der Waals surface area contributed by atoms with Gasteiger partial charge >= 0.3 is 6.03 Å². The van der Waals surface area contributed by atoms with E-state index in [0.29, 0.717) is 11.6 Å². The van der Waals surface area contributed by atoms with Crippen LogP contribution >= 0.6 is 11.6 Å². The van der Waals surface area contributed by atoms with Crippen LogP contribution in [0, 0.1) is 0 Å². The lowest BCUT2D eigenvalue weighted by Gasteiger charge is -2.16. The summed E-state index contributed by atoms with van der Waals surface area (Å²) in [5, 5.41) is 3.82. The summed E-state index contributed by atoms with van der Waals surface area (Å²) in [4.78, 5) is 19.8. The van der Waals surface area contributed by atoms with E-state index in [1.807, 2.05) is 12.1 Å². The summed E-state index contributed by atoms with van der Waals surface area (Å²) < 4.78 is 0. The van der Waals surface area contributed by atoms with Crippen molar-refractivity contribution in [2.24, 2.45) is 0 Å². The number of amides is 2. The van der Waals surface area contributed by atoms with Gasteiger partial charge in [-0.05, 0) is 18.6 Å². The third kappa shape index (κ3) is 3.29. The van der Waals surface area contributed by atoms with Gasteiger partial charge in [0.1, 0.15) is 5.82 Å². The molecule has 0 aliphatic carbocycles. The number of carbonyl (C=O) groups excluding carboxylic acids is 1. The van der Waals surface area contributed by atoms with Gasteiger partial charge in [-0.25, -0.2) is 9.78 Å². The first-order valence-corrected chi connectivity index (χ1v) is 6.89. The van der Waals surface area contributed by atoms with Crippen molar-refractivity contribution in [3.05, 3.63) is 22.8 Å². The molecule has 2 rings (SSSR count). The van der Waals surface area contributed by atoms with Crippen molar-refractivity contribution in [1.82, 2.24) is 14.8 Å². The third-order valence-electron chi connectivity index (χ3n) is 3.12. The fourth-order valence-corrected chi connectivity index (χ4v) is 2.14. The van der Waals surface area contributed by atoms with Crippen LogP contribution in [0.4, 0.5) is 10.6 Å². The van der Waals surface area contributed by atoms with Crippen LogP contribution in [-0.2, 0) is 6.54 Å². The van der Waals surface area contributed by atoms with E-state index in [1.54, 1.807) is 16.8 Å². The predicted octanol–water partition coefficient (Wildman–Crippen LogP) is 2.42. The van der Waals surface area contributed by atoms with Crippen molar-refractivity contribution in [3.8, 4) is 0 Å². The molecule has 1 aliphatic rings. The molecular formula is C13H19ClN4O. The van der Waals surface area contributed by atoms with Crippen LogP contribution < -0.4 is 5.32 Å². The molecule has 1 aliphatic heterocycles. The first kappa shape index (κ1) is 13.9. The molecule has 19 heavy (non-hydrogen) atoms. The summed E-state index contributed by atoms with van der Waals surface area (Å²) in [5.41, 5.74) is 0.742. The fourth-order valence-electron chi connectivity index (χ4n) is 1.98. The summed E-state index contributed by atoms with van der Waals surface area (Å²) >= 11 is 6.15. The highest BCUT2D eigenvalue weighted by Gasteiger charge is 2.26. The van der Waals surface area contributed by atoms with Gasteiger partial charge < -0.3 is 15.1 Å². The van der Waals surface area contributed by atoms with Gasteiger partial charge in [-0.1, -0.05) is 18.5 Å². The van der Waals surface area contributed by atoms with Crippen LogP contribution in [0.25, 0.3) is 0 Å². The van der Waals surface area contributed by atoms with E-state index >= 15 is 0 Å². The highest BCUT2D eigenvalue weighted by atomic mass is 35.5. The Morgan fingerprint density at radius 2 is 2.21 bits per heavy atom. The minimum absolute atomic E-state index is 0.0322. The summed E-state index contributed by atoms with van der Waals surface area (Å²) in [6, 6.07) is 3.72. The smallest absolute Gasteiger partial charge is 0.320 e. The minimum Gasteiger partial charge on any atom is -0.370 e. The Kier molecular flexibility index (Phi) is 4.47. The second kappa shape index (κ2) is 6.10. The maximum atomic E-state index is 11.8. The van der Waals surface area contributed by atoms with Gasteiger partial charge in [0.15, 0.2) is 0 Å². The summed E-state index contributed by atoms with van der Waals surface area (Å²) in [6.45, 7) is 4.91. The molecule has 0 unspecified atom stereocenters. The van der Waals surface area contributed by atoms with Crippen molar-refractivity contribution in [2.75, 3.05) is 32.0 Å². The Bertz CT molecular complexity index is 466. The lowest BCUT2D eigenvalue weighted by Crippen LogP contribution is -2.29. The Morgan fingerprint density at radius 3 is 2.84 bits per heavy atom. The van der Waals surface area contributed by atoms with Crippen LogP contribution in [0.15, 0.2) is 12.1 Å². The van der Waals surface area contributed by atoms with Crippen molar-refractivity contribution in [2.45, 2.75) is 19.9 Å². The minimum atomic E-state index is 0.0322. The van der Waals surface area contributed by atoms with Crippen molar-refractivity contribution >= 4 is 23.4 Å². The topological polar surface area (TPSA) is 48.5 Å². The van der Waals surface area contributed by atoms with Crippen molar-refractivity contribution < 1.29 is 4.79 Å². The van der Waals surface area contributed by atoms with E-state index < -0.39 is 0 Å². The molecule has 0 bridgehead atoms. The van der Waals surface area contributed by atoms with Gasteiger partial charge in [0.2, 0.25) is 0 Å². The molecule has 0 aromatic carbocycles. The van der Waals surface area contributed by atoms with Crippen molar-refractivity contribution in [1.29, 1.82) is 0 Å². The lowest BCUT2D eigenvalue weighted by atomic mass is 10.3. The molecule has 0 radical (unpaired) electrons. The number of hydrogen-bond acceptors (Lipinski definition) is 3. The predicted molar refractivity (Wildman–Crippen MR) is 76.5 cm³/mol. The molecular weight excluding hydrogens is 264 g/mol. The molecule has 1 N–H and O–H groups in total. The van der Waals surface area contributed by atoms with E-state index in [9.17, 15) is 4.79 Å². The first-order chi connectivity index (χ1) is 9.11. The zero-order valence-corrected chi connectivity index (χ0v) is 12.1. The zero-order valence-electron chi connectivity index (χ0n) is 11.3. The molecule has 5 nitrogen and oxygen atoms in total. The summed E-state index contributed by atoms with van der Waals surface area (Å²) in [5.74, 6) is 0.807. The van der Waals surface area contributed by atoms with Crippen LogP contribution in [0.5, 0.6) is 0 Å². The van der Waals surface area contributed by atoms with Crippen LogP contribution in [0.3, 0.4) is 0 Å². The number of pyridine rings is 1. The van der Waals surface area contributed by atoms with Gasteiger partial charge in [0.25, 0.3) is 0 Å². The summed E-state index contributed by atoms with van der Waals surface area (Å²) in [6.07, 6.45) is 1.04. The SMILES string of the molecule is CCCNc1ccc(Cl)c(CN2CCN(C)C2=O)n1.